The summed E-state index contributed by atoms with van der Waals surface area (Å²) in [5.41, 5.74) is -0.431. The lowest BCUT2D eigenvalue weighted by molar-refractivity contribution is 0.0278. The predicted octanol–water partition coefficient (Wildman–Crippen LogP) is 10.4. The van der Waals surface area contributed by atoms with Gasteiger partial charge in [0.2, 0.25) is 0 Å². The largest absolute Gasteiger partial charge is 0.404 e. The van der Waals surface area contributed by atoms with Gasteiger partial charge in [0.15, 0.2) is 0 Å². The molecule has 1 N–H and O–H groups in total. The zero-order chi connectivity index (χ0) is 36.9. The molecule has 0 aliphatic heterocycles. The van der Waals surface area contributed by atoms with Gasteiger partial charge < -0.3 is 14.2 Å². The van der Waals surface area contributed by atoms with Gasteiger partial charge >= 0.3 is 13.3 Å². The first-order chi connectivity index (χ1) is 24.9. The molecule has 0 aliphatic carbocycles. The first kappa shape index (κ1) is 37.2. The minimum atomic E-state index is -4.90. The van der Waals surface area contributed by atoms with Crippen molar-refractivity contribution >= 4 is 18.6 Å². The van der Waals surface area contributed by atoms with E-state index in [1.54, 1.807) is 44.5 Å². The summed E-state index contributed by atoms with van der Waals surface area (Å²) in [6.07, 6.45) is -1.04. The fraction of sp³-hybridized carbons (Fsp3) is 0.286. The van der Waals surface area contributed by atoms with Gasteiger partial charge in [0.25, 0.3) is 0 Å². The molecule has 6 aromatic rings. The Morgan fingerprint density at radius 3 is 1.92 bits per heavy atom. The predicted molar refractivity (Wildman–Crippen MR) is 201 cm³/mol. The van der Waals surface area contributed by atoms with Crippen molar-refractivity contribution in [1.29, 1.82) is 0 Å². The highest BCUT2D eigenvalue weighted by Crippen LogP contribution is 2.67. The van der Waals surface area contributed by atoms with Crippen LogP contribution in [0.3, 0.4) is 0 Å². The van der Waals surface area contributed by atoms with Crippen molar-refractivity contribution in [2.24, 2.45) is 11.8 Å². The molecule has 5 aromatic carbocycles. The van der Waals surface area contributed by atoms with E-state index in [1.165, 1.54) is 12.1 Å². The highest BCUT2D eigenvalue weighted by Gasteiger charge is 2.55. The van der Waals surface area contributed by atoms with E-state index in [0.717, 1.165) is 16.7 Å². The van der Waals surface area contributed by atoms with Crippen LogP contribution in [-0.4, -0.2) is 33.3 Å². The Morgan fingerprint density at radius 2 is 1.29 bits per heavy atom. The second-order valence-electron chi connectivity index (χ2n) is 14.0. The normalized spacial score (nSPS) is 14.2. The molecule has 0 spiro atoms. The maximum Gasteiger partial charge on any atom is 0.404 e. The van der Waals surface area contributed by atoms with Crippen LogP contribution in [-0.2, 0) is 31.2 Å². The van der Waals surface area contributed by atoms with E-state index >= 15 is 8.78 Å². The van der Waals surface area contributed by atoms with Gasteiger partial charge in [-0.25, -0.2) is 4.68 Å². The summed E-state index contributed by atoms with van der Waals surface area (Å²) in [5, 5.41) is 21.9. The standard InChI is InChI=1S/C42H44F2N3O4P/c1-30(2)28-50-52(49,51-29-31(3)4)42(43,44)37-24-22-32(23-25-37)27-41(36-18-9-6-10-19-36,47-39-21-12-11-20-38(39)45-46-47)40(48)35-17-13-16-34(26-35)33-14-7-5-8-15-33/h5-26,30-31,40,48H,27-29H2,1-4H3. The number of benzene rings is 5. The van der Waals surface area contributed by atoms with Gasteiger partial charge in [-0.05, 0) is 57.9 Å². The maximum absolute atomic E-state index is 16.2. The summed E-state index contributed by atoms with van der Waals surface area (Å²) in [4.78, 5) is 0. The van der Waals surface area contributed by atoms with Crippen molar-refractivity contribution in [2.75, 3.05) is 13.2 Å². The quantitative estimate of drug-likeness (QED) is 0.106. The Labute approximate surface area is 303 Å². The Bertz CT molecular complexity index is 2110. The van der Waals surface area contributed by atoms with Crippen LogP contribution in [0.15, 0.2) is 133 Å². The van der Waals surface area contributed by atoms with Crippen LogP contribution in [0.2, 0.25) is 0 Å². The molecule has 6 rings (SSSR count). The van der Waals surface area contributed by atoms with E-state index in [0.29, 0.717) is 22.2 Å². The molecule has 7 nitrogen and oxygen atoms in total. The molecular weight excluding hydrogens is 679 g/mol. The summed E-state index contributed by atoms with van der Waals surface area (Å²) in [6.45, 7) is 6.90. The number of aliphatic hydroxyl groups excluding tert-OH is 1. The monoisotopic (exact) mass is 723 g/mol. The highest BCUT2D eigenvalue weighted by atomic mass is 31.2. The first-order valence-corrected chi connectivity index (χ1v) is 19.1. The lowest BCUT2D eigenvalue weighted by atomic mass is 9.76. The van der Waals surface area contributed by atoms with Gasteiger partial charge in [0.05, 0.1) is 18.7 Å². The smallest absolute Gasteiger partial charge is 0.385 e. The summed E-state index contributed by atoms with van der Waals surface area (Å²) >= 11 is 0. The molecule has 0 radical (unpaired) electrons. The van der Waals surface area contributed by atoms with E-state index < -0.39 is 30.5 Å². The molecule has 2 atom stereocenters. The highest BCUT2D eigenvalue weighted by molar-refractivity contribution is 7.54. The number of nitrogens with zero attached hydrogens (tertiary/aromatic N) is 3. The zero-order valence-corrected chi connectivity index (χ0v) is 30.7. The van der Waals surface area contributed by atoms with Crippen molar-refractivity contribution in [3.63, 3.8) is 0 Å². The molecular formula is C42H44F2N3O4P. The van der Waals surface area contributed by atoms with Gasteiger partial charge in [-0.2, -0.15) is 8.78 Å². The number of rotatable bonds is 15. The van der Waals surface area contributed by atoms with Crippen LogP contribution in [0.25, 0.3) is 22.2 Å². The molecule has 10 heteroatoms. The molecule has 0 aliphatic rings. The molecule has 0 saturated carbocycles. The Kier molecular flexibility index (Phi) is 11.2. The van der Waals surface area contributed by atoms with E-state index in [-0.39, 0.29) is 31.5 Å². The molecule has 270 valence electrons. The summed E-state index contributed by atoms with van der Waals surface area (Å²) in [6, 6.07) is 40.4. The van der Waals surface area contributed by atoms with Gasteiger partial charge in [0, 0.05) is 12.0 Å². The minimum absolute atomic E-state index is 0.132. The third-order valence-electron chi connectivity index (χ3n) is 9.04. The van der Waals surface area contributed by atoms with Crippen LogP contribution in [0, 0.1) is 11.8 Å². The third kappa shape index (κ3) is 7.50. The summed E-state index contributed by atoms with van der Waals surface area (Å²) < 4.78 is 58.6. The van der Waals surface area contributed by atoms with Crippen LogP contribution < -0.4 is 0 Å². The molecule has 52 heavy (non-hydrogen) atoms. The first-order valence-electron chi connectivity index (χ1n) is 17.5. The van der Waals surface area contributed by atoms with Crippen LogP contribution in [0.5, 0.6) is 0 Å². The average Bonchev–Trinajstić information content (AvgIpc) is 3.60. The lowest BCUT2D eigenvalue weighted by Crippen LogP contribution is -2.44. The van der Waals surface area contributed by atoms with Crippen molar-refractivity contribution in [1.82, 2.24) is 15.0 Å². The number of hydrogen-bond donors (Lipinski definition) is 1. The molecule has 1 aromatic heterocycles. The van der Waals surface area contributed by atoms with Crippen molar-refractivity contribution in [3.8, 4) is 11.1 Å². The third-order valence-corrected chi connectivity index (χ3v) is 11.0. The molecule has 0 amide bonds. The topological polar surface area (TPSA) is 86.5 Å². The Morgan fingerprint density at radius 1 is 0.712 bits per heavy atom. The SMILES string of the molecule is CC(C)COP(=O)(OCC(C)C)C(F)(F)c1ccc(CC(c2ccccc2)(C(O)c2cccc(-c3ccccc3)c2)n2nnc3ccccc32)cc1. The summed E-state index contributed by atoms with van der Waals surface area (Å²) in [7, 11) is -4.90. The molecule has 0 fully saturated rings. The van der Waals surface area contributed by atoms with E-state index in [2.05, 4.69) is 10.3 Å². The fourth-order valence-electron chi connectivity index (χ4n) is 6.34. The van der Waals surface area contributed by atoms with Gasteiger partial charge in [0.1, 0.15) is 17.2 Å². The van der Waals surface area contributed by atoms with E-state index in [4.69, 9.17) is 9.05 Å². The Balaban J connectivity index is 1.48. The number of alkyl halides is 2. The van der Waals surface area contributed by atoms with E-state index in [9.17, 15) is 9.67 Å². The minimum Gasteiger partial charge on any atom is -0.385 e. The van der Waals surface area contributed by atoms with Crippen molar-refractivity contribution < 1.29 is 27.5 Å². The summed E-state index contributed by atoms with van der Waals surface area (Å²) in [5.74, 6) is -0.263. The number of fused-ring (bicyclic) bond motifs is 1. The number of halogens is 2. The van der Waals surface area contributed by atoms with Crippen LogP contribution in [0.1, 0.15) is 56.1 Å². The second-order valence-corrected chi connectivity index (χ2v) is 16.0. The van der Waals surface area contributed by atoms with E-state index in [1.807, 2.05) is 109 Å². The second kappa shape index (κ2) is 15.6. The number of aliphatic hydroxyl groups is 1. The Hall–Kier alpha value is -4.53. The fourth-order valence-corrected chi connectivity index (χ4v) is 8.19. The van der Waals surface area contributed by atoms with Gasteiger partial charge in [-0.15, -0.1) is 5.10 Å². The van der Waals surface area contributed by atoms with Crippen LogP contribution in [0.4, 0.5) is 8.78 Å². The van der Waals surface area contributed by atoms with Gasteiger partial charge in [-0.1, -0.05) is 148 Å². The number of aromatic nitrogens is 3. The average molecular weight is 724 g/mol. The number of para-hydroxylation sites is 1. The molecule has 2 unspecified atom stereocenters. The van der Waals surface area contributed by atoms with Crippen molar-refractivity contribution in [3.05, 3.63) is 156 Å². The molecule has 0 bridgehead atoms. The van der Waals surface area contributed by atoms with Crippen molar-refractivity contribution in [2.45, 2.75) is 51.4 Å². The number of hydrogen-bond acceptors (Lipinski definition) is 6. The van der Waals surface area contributed by atoms with Gasteiger partial charge in [-0.3, -0.25) is 4.57 Å². The van der Waals surface area contributed by atoms with Crippen LogP contribution >= 0.6 is 7.60 Å². The molecule has 0 saturated heterocycles. The lowest BCUT2D eigenvalue weighted by Gasteiger charge is -2.39. The molecule has 1 heterocycles. The zero-order valence-electron chi connectivity index (χ0n) is 29.8. The maximum atomic E-state index is 16.2.